The molecule has 0 radical (unpaired) electrons. The monoisotopic (exact) mass is 411 g/mol. The molecule has 0 saturated carbocycles. The second-order valence-electron chi connectivity index (χ2n) is 7.30. The molecule has 0 saturated heterocycles. The Morgan fingerprint density at radius 1 is 0.871 bits per heavy atom. The molecular weight excluding hydrogens is 390 g/mol. The van der Waals surface area contributed by atoms with E-state index >= 15 is 0 Å². The van der Waals surface area contributed by atoms with E-state index < -0.39 is 5.91 Å². The molecule has 4 aromatic rings. The van der Waals surface area contributed by atoms with E-state index in [1.54, 1.807) is 30.3 Å². The average molecular weight is 411 g/mol. The summed E-state index contributed by atoms with van der Waals surface area (Å²) in [6, 6.07) is 21.1. The van der Waals surface area contributed by atoms with Gasteiger partial charge in [0, 0.05) is 11.1 Å². The molecule has 154 valence electrons. The summed E-state index contributed by atoms with van der Waals surface area (Å²) in [5, 5.41) is 33.4. The molecular formula is C25H21N3O3. The van der Waals surface area contributed by atoms with E-state index in [4.69, 9.17) is 0 Å². The maximum Gasteiger partial charge on any atom is 0.259 e. The fraction of sp³-hybridized carbons (Fsp3) is 0.0800. The number of benzene rings is 4. The van der Waals surface area contributed by atoms with Crippen LogP contribution in [0.15, 0.2) is 83.0 Å². The molecule has 0 aliphatic carbocycles. The Morgan fingerprint density at radius 3 is 2.39 bits per heavy atom. The van der Waals surface area contributed by atoms with Gasteiger partial charge >= 0.3 is 0 Å². The van der Waals surface area contributed by atoms with Gasteiger partial charge in [-0.25, -0.2) is 0 Å². The third-order valence-corrected chi connectivity index (χ3v) is 5.01. The molecule has 0 heterocycles. The zero-order chi connectivity index (χ0) is 22.0. The number of rotatable bonds is 4. The molecule has 0 aliphatic heterocycles. The second-order valence-corrected chi connectivity index (χ2v) is 7.30. The van der Waals surface area contributed by atoms with Crippen molar-refractivity contribution < 1.29 is 15.0 Å². The smallest absolute Gasteiger partial charge is 0.259 e. The first-order valence-corrected chi connectivity index (χ1v) is 9.77. The Labute approximate surface area is 179 Å². The van der Waals surface area contributed by atoms with Crippen LogP contribution in [-0.2, 0) is 0 Å². The summed E-state index contributed by atoms with van der Waals surface area (Å²) in [5.41, 5.74) is 3.19. The van der Waals surface area contributed by atoms with Gasteiger partial charge in [0.1, 0.15) is 17.1 Å². The van der Waals surface area contributed by atoms with Crippen molar-refractivity contribution in [2.24, 2.45) is 10.2 Å². The van der Waals surface area contributed by atoms with Crippen LogP contribution in [-0.4, -0.2) is 16.1 Å². The number of nitrogens with zero attached hydrogens (tertiary/aromatic N) is 2. The number of phenols is 2. The third-order valence-electron chi connectivity index (χ3n) is 5.01. The topological polar surface area (TPSA) is 94.3 Å². The maximum atomic E-state index is 13.0. The lowest BCUT2D eigenvalue weighted by molar-refractivity contribution is 0.102. The van der Waals surface area contributed by atoms with Gasteiger partial charge in [-0.3, -0.25) is 4.79 Å². The molecule has 6 nitrogen and oxygen atoms in total. The number of para-hydroxylation sites is 1. The number of phenolic OH excluding ortho intramolecular Hbond substituents is 2. The van der Waals surface area contributed by atoms with Gasteiger partial charge in [0.25, 0.3) is 5.91 Å². The summed E-state index contributed by atoms with van der Waals surface area (Å²) in [5.74, 6) is -0.756. The van der Waals surface area contributed by atoms with Gasteiger partial charge in [-0.1, -0.05) is 54.1 Å². The third kappa shape index (κ3) is 4.09. The van der Waals surface area contributed by atoms with Gasteiger partial charge in [0.2, 0.25) is 0 Å². The van der Waals surface area contributed by atoms with E-state index in [1.807, 2.05) is 50.2 Å². The van der Waals surface area contributed by atoms with E-state index in [-0.39, 0.29) is 28.4 Å². The minimum atomic E-state index is -0.450. The standard InChI is InChI=1S/C25H21N3O3/c1-15-11-12-20(16(2)13-15)26-25(31)19-14-17-7-3-4-8-18(17)23(24(19)30)28-27-21-9-5-6-10-22(21)29/h3-14,29-30H,1-2H3,(H,26,31)/b28-27+. The zero-order valence-electron chi connectivity index (χ0n) is 17.1. The van der Waals surface area contributed by atoms with Gasteiger partial charge < -0.3 is 15.5 Å². The number of carbonyl (C=O) groups excluding carboxylic acids is 1. The number of fused-ring (bicyclic) bond motifs is 1. The quantitative estimate of drug-likeness (QED) is 0.333. The van der Waals surface area contributed by atoms with Crippen LogP contribution in [0.25, 0.3) is 10.8 Å². The fourth-order valence-corrected chi connectivity index (χ4v) is 3.39. The summed E-state index contributed by atoms with van der Waals surface area (Å²) in [4.78, 5) is 13.0. The van der Waals surface area contributed by atoms with Crippen LogP contribution in [0.1, 0.15) is 21.5 Å². The Hall–Kier alpha value is -4.19. The SMILES string of the molecule is Cc1ccc(NC(=O)c2cc3ccccc3c(/N=N/c3ccccc3O)c2O)c(C)c1. The number of hydrogen-bond acceptors (Lipinski definition) is 5. The molecule has 1 amide bonds. The van der Waals surface area contributed by atoms with Crippen molar-refractivity contribution in [1.29, 1.82) is 0 Å². The fourth-order valence-electron chi connectivity index (χ4n) is 3.39. The highest BCUT2D eigenvalue weighted by Crippen LogP contribution is 2.40. The number of nitrogens with one attached hydrogen (secondary N) is 1. The number of aryl methyl sites for hydroxylation is 2. The largest absolute Gasteiger partial charge is 0.506 e. The Kier molecular flexibility index (Phi) is 5.37. The van der Waals surface area contributed by atoms with Crippen LogP contribution in [0.3, 0.4) is 0 Å². The normalized spacial score (nSPS) is 11.2. The van der Waals surface area contributed by atoms with Crippen molar-refractivity contribution in [1.82, 2.24) is 0 Å². The summed E-state index contributed by atoms with van der Waals surface area (Å²) in [6.07, 6.45) is 0. The van der Waals surface area contributed by atoms with Crippen LogP contribution in [0.4, 0.5) is 17.1 Å². The highest BCUT2D eigenvalue weighted by molar-refractivity contribution is 6.12. The average Bonchev–Trinajstić information content (AvgIpc) is 2.75. The number of aromatic hydroxyl groups is 2. The molecule has 0 aromatic heterocycles. The first-order chi connectivity index (χ1) is 14.9. The first-order valence-electron chi connectivity index (χ1n) is 9.77. The number of carbonyl (C=O) groups is 1. The lowest BCUT2D eigenvalue weighted by Crippen LogP contribution is -2.13. The predicted octanol–water partition coefficient (Wildman–Crippen LogP) is 6.54. The minimum Gasteiger partial charge on any atom is -0.506 e. The molecule has 0 bridgehead atoms. The molecule has 0 aliphatic rings. The van der Waals surface area contributed by atoms with Crippen molar-refractivity contribution in [3.05, 3.63) is 89.5 Å². The first kappa shape index (κ1) is 20.1. The molecule has 31 heavy (non-hydrogen) atoms. The van der Waals surface area contributed by atoms with E-state index in [0.29, 0.717) is 11.1 Å². The van der Waals surface area contributed by atoms with Crippen molar-refractivity contribution in [3.8, 4) is 11.5 Å². The van der Waals surface area contributed by atoms with Crippen molar-refractivity contribution in [2.45, 2.75) is 13.8 Å². The molecule has 6 heteroatoms. The van der Waals surface area contributed by atoms with E-state index in [0.717, 1.165) is 16.5 Å². The van der Waals surface area contributed by atoms with Crippen LogP contribution in [0, 0.1) is 13.8 Å². The van der Waals surface area contributed by atoms with Gasteiger partial charge in [0.15, 0.2) is 5.75 Å². The van der Waals surface area contributed by atoms with Crippen LogP contribution in [0.2, 0.25) is 0 Å². The predicted molar refractivity (Wildman–Crippen MR) is 122 cm³/mol. The highest BCUT2D eigenvalue weighted by Gasteiger charge is 2.19. The van der Waals surface area contributed by atoms with Crippen LogP contribution in [0.5, 0.6) is 11.5 Å². The Morgan fingerprint density at radius 2 is 1.61 bits per heavy atom. The van der Waals surface area contributed by atoms with Gasteiger partial charge in [0.05, 0.1) is 5.56 Å². The molecule has 4 rings (SSSR count). The van der Waals surface area contributed by atoms with Crippen molar-refractivity contribution in [3.63, 3.8) is 0 Å². The number of azo groups is 1. The number of anilines is 1. The summed E-state index contributed by atoms with van der Waals surface area (Å²) in [7, 11) is 0. The molecule has 4 aromatic carbocycles. The van der Waals surface area contributed by atoms with Crippen LogP contribution < -0.4 is 5.32 Å². The second kappa shape index (κ2) is 8.28. The summed E-state index contributed by atoms with van der Waals surface area (Å²) < 4.78 is 0. The van der Waals surface area contributed by atoms with Gasteiger partial charge in [-0.2, -0.15) is 0 Å². The summed E-state index contributed by atoms with van der Waals surface area (Å²) >= 11 is 0. The van der Waals surface area contributed by atoms with Gasteiger partial charge in [-0.05, 0) is 49.1 Å². The van der Waals surface area contributed by atoms with Crippen LogP contribution >= 0.6 is 0 Å². The lowest BCUT2D eigenvalue weighted by atomic mass is 10.0. The van der Waals surface area contributed by atoms with Crippen molar-refractivity contribution >= 4 is 33.7 Å². The Balaban J connectivity index is 1.79. The number of hydrogen-bond donors (Lipinski definition) is 3. The zero-order valence-corrected chi connectivity index (χ0v) is 17.1. The summed E-state index contributed by atoms with van der Waals surface area (Å²) in [6.45, 7) is 3.89. The van der Waals surface area contributed by atoms with E-state index in [1.165, 1.54) is 6.07 Å². The lowest BCUT2D eigenvalue weighted by Gasteiger charge is -2.13. The molecule has 0 fully saturated rings. The van der Waals surface area contributed by atoms with Crippen molar-refractivity contribution in [2.75, 3.05) is 5.32 Å². The minimum absolute atomic E-state index is 0.0289. The van der Waals surface area contributed by atoms with E-state index in [9.17, 15) is 15.0 Å². The molecule has 0 unspecified atom stereocenters. The van der Waals surface area contributed by atoms with Gasteiger partial charge in [-0.15, -0.1) is 10.2 Å². The number of amides is 1. The Bertz CT molecular complexity index is 1330. The molecule has 3 N–H and O–H groups in total. The van der Waals surface area contributed by atoms with E-state index in [2.05, 4.69) is 15.5 Å². The molecule has 0 atom stereocenters. The highest BCUT2D eigenvalue weighted by atomic mass is 16.3. The molecule has 0 spiro atoms. The maximum absolute atomic E-state index is 13.0.